The van der Waals surface area contributed by atoms with Gasteiger partial charge in [0, 0.05) is 44.0 Å². The molecular weight excluding hydrogens is 366 g/mol. The highest BCUT2D eigenvalue weighted by molar-refractivity contribution is 7.88. The van der Waals surface area contributed by atoms with E-state index in [9.17, 15) is 18.0 Å². The molecule has 7 nitrogen and oxygen atoms in total. The number of fused-ring (bicyclic) bond motifs is 1. The average Bonchev–Trinajstić information content (AvgIpc) is 3.16. The minimum atomic E-state index is -3.24. The van der Waals surface area contributed by atoms with Crippen LogP contribution in [0.3, 0.4) is 0 Å². The van der Waals surface area contributed by atoms with Gasteiger partial charge >= 0.3 is 0 Å². The van der Waals surface area contributed by atoms with Crippen molar-refractivity contribution in [3.05, 3.63) is 42.0 Å². The van der Waals surface area contributed by atoms with Gasteiger partial charge in [-0.2, -0.15) is 0 Å². The molecular formula is C19H25N3O4S. The topological polar surface area (TPSA) is 78.0 Å². The van der Waals surface area contributed by atoms with Gasteiger partial charge in [0.2, 0.25) is 15.9 Å². The number of hydrogen-bond donors (Lipinski definition) is 0. The van der Waals surface area contributed by atoms with Crippen LogP contribution >= 0.6 is 0 Å². The van der Waals surface area contributed by atoms with Crippen LogP contribution in [0.4, 0.5) is 5.69 Å². The Kier molecular flexibility index (Phi) is 5.39. The summed E-state index contributed by atoms with van der Waals surface area (Å²) in [6.07, 6.45) is 4.77. The predicted molar refractivity (Wildman–Crippen MR) is 104 cm³/mol. The summed E-state index contributed by atoms with van der Waals surface area (Å²) in [7, 11) is -1.52. The largest absolute Gasteiger partial charge is 0.337 e. The second-order valence-corrected chi connectivity index (χ2v) is 9.10. The third-order valence-corrected chi connectivity index (χ3v) is 6.62. The van der Waals surface area contributed by atoms with Crippen molar-refractivity contribution in [2.45, 2.75) is 25.3 Å². The first-order valence-electron chi connectivity index (χ1n) is 9.01. The molecule has 0 bridgehead atoms. The molecule has 0 radical (unpaired) electrons. The lowest BCUT2D eigenvalue weighted by molar-refractivity contribution is -0.114. The van der Waals surface area contributed by atoms with E-state index in [1.54, 1.807) is 22.9 Å². The van der Waals surface area contributed by atoms with Crippen LogP contribution in [-0.4, -0.2) is 68.4 Å². The van der Waals surface area contributed by atoms with Crippen molar-refractivity contribution in [3.63, 3.8) is 0 Å². The smallest absolute Gasteiger partial charge is 0.253 e. The quantitative estimate of drug-likeness (QED) is 0.724. The Hall–Kier alpha value is -2.19. The highest BCUT2D eigenvalue weighted by atomic mass is 32.2. The molecule has 0 N–H and O–H groups in total. The highest BCUT2D eigenvalue weighted by Crippen LogP contribution is 2.29. The Morgan fingerprint density at radius 1 is 1.30 bits per heavy atom. The summed E-state index contributed by atoms with van der Waals surface area (Å²) in [5, 5.41) is 0. The number of sulfonamides is 1. The number of carbonyl (C=O) groups is 2. The fourth-order valence-electron chi connectivity index (χ4n) is 3.77. The van der Waals surface area contributed by atoms with Gasteiger partial charge in [-0.1, -0.05) is 6.58 Å². The number of carbonyl (C=O) groups excluding carboxylic acids is 2. The van der Waals surface area contributed by atoms with Gasteiger partial charge in [0.15, 0.2) is 0 Å². The molecule has 2 aliphatic rings. The molecule has 0 aromatic heterocycles. The predicted octanol–water partition coefficient (Wildman–Crippen LogP) is 1.26. The van der Waals surface area contributed by atoms with E-state index in [2.05, 4.69) is 6.58 Å². The number of amides is 2. The summed E-state index contributed by atoms with van der Waals surface area (Å²) in [4.78, 5) is 28.2. The minimum absolute atomic E-state index is 0.134. The number of rotatable bonds is 4. The molecule has 0 spiro atoms. The third kappa shape index (κ3) is 3.91. The molecule has 1 saturated heterocycles. The number of likely N-dealkylation sites (N-methyl/N-ethyl adjacent to an activating group) is 1. The molecule has 2 heterocycles. The second kappa shape index (κ2) is 7.44. The number of nitrogens with zero attached hydrogens (tertiary/aromatic N) is 3. The molecule has 8 heteroatoms. The Balaban J connectivity index is 1.78. The molecule has 27 heavy (non-hydrogen) atoms. The fraction of sp³-hybridized carbons (Fsp3) is 0.474. The van der Waals surface area contributed by atoms with Crippen molar-refractivity contribution in [3.8, 4) is 0 Å². The SMILES string of the molecule is C=CC(=O)N1CCCc2cc(C(=O)N(C)C3CCN(S(C)(=O)=O)C3)ccc21. The van der Waals surface area contributed by atoms with Gasteiger partial charge < -0.3 is 9.80 Å². The highest BCUT2D eigenvalue weighted by Gasteiger charge is 2.33. The number of aryl methyl sites for hydroxylation is 1. The zero-order valence-corrected chi connectivity index (χ0v) is 16.5. The van der Waals surface area contributed by atoms with E-state index in [-0.39, 0.29) is 17.9 Å². The molecule has 1 aromatic rings. The van der Waals surface area contributed by atoms with Gasteiger partial charge in [-0.05, 0) is 49.1 Å². The second-order valence-electron chi connectivity index (χ2n) is 7.12. The van der Waals surface area contributed by atoms with Crippen molar-refractivity contribution in [2.24, 2.45) is 0 Å². The van der Waals surface area contributed by atoms with Gasteiger partial charge in [-0.15, -0.1) is 0 Å². The normalized spacial score (nSPS) is 20.2. The van der Waals surface area contributed by atoms with E-state index < -0.39 is 10.0 Å². The van der Waals surface area contributed by atoms with Crippen LogP contribution in [0.2, 0.25) is 0 Å². The lowest BCUT2D eigenvalue weighted by Gasteiger charge is -2.30. The van der Waals surface area contributed by atoms with Crippen LogP contribution in [-0.2, 0) is 21.2 Å². The van der Waals surface area contributed by atoms with Gasteiger partial charge in [0.05, 0.1) is 6.26 Å². The zero-order chi connectivity index (χ0) is 19.8. The van der Waals surface area contributed by atoms with E-state index in [0.29, 0.717) is 31.6 Å². The molecule has 1 unspecified atom stereocenters. The number of hydrogen-bond acceptors (Lipinski definition) is 4. The van der Waals surface area contributed by atoms with Crippen LogP contribution in [0, 0.1) is 0 Å². The third-order valence-electron chi connectivity index (χ3n) is 5.35. The first kappa shape index (κ1) is 19.6. The summed E-state index contributed by atoms with van der Waals surface area (Å²) in [6, 6.07) is 5.26. The van der Waals surface area contributed by atoms with Crippen LogP contribution in [0.25, 0.3) is 0 Å². The van der Waals surface area contributed by atoms with Crippen molar-refractivity contribution in [1.82, 2.24) is 9.21 Å². The summed E-state index contributed by atoms with van der Waals surface area (Å²) in [5.41, 5.74) is 2.36. The molecule has 1 atom stereocenters. The minimum Gasteiger partial charge on any atom is -0.337 e. The fourth-order valence-corrected chi connectivity index (χ4v) is 4.65. The Morgan fingerprint density at radius 2 is 2.04 bits per heavy atom. The maximum atomic E-state index is 12.9. The van der Waals surface area contributed by atoms with Crippen LogP contribution < -0.4 is 4.90 Å². The number of anilines is 1. The molecule has 3 rings (SSSR count). The molecule has 2 amide bonds. The van der Waals surface area contributed by atoms with Gasteiger partial charge in [-0.25, -0.2) is 12.7 Å². The zero-order valence-electron chi connectivity index (χ0n) is 15.7. The molecule has 1 aromatic carbocycles. The summed E-state index contributed by atoms with van der Waals surface area (Å²) >= 11 is 0. The monoisotopic (exact) mass is 391 g/mol. The van der Waals surface area contributed by atoms with E-state index in [1.807, 2.05) is 12.1 Å². The van der Waals surface area contributed by atoms with Crippen molar-refractivity contribution in [1.29, 1.82) is 0 Å². The summed E-state index contributed by atoms with van der Waals surface area (Å²) in [5.74, 6) is -0.274. The van der Waals surface area contributed by atoms with E-state index in [4.69, 9.17) is 0 Å². The first-order valence-corrected chi connectivity index (χ1v) is 10.9. The first-order chi connectivity index (χ1) is 12.7. The maximum absolute atomic E-state index is 12.9. The molecule has 0 saturated carbocycles. The average molecular weight is 391 g/mol. The summed E-state index contributed by atoms with van der Waals surface area (Å²) < 4.78 is 24.8. The van der Waals surface area contributed by atoms with Crippen molar-refractivity contribution in [2.75, 3.05) is 37.8 Å². The van der Waals surface area contributed by atoms with Gasteiger partial charge in [0.25, 0.3) is 5.91 Å². The van der Waals surface area contributed by atoms with E-state index >= 15 is 0 Å². The van der Waals surface area contributed by atoms with Crippen LogP contribution in [0.15, 0.2) is 30.9 Å². The summed E-state index contributed by atoms with van der Waals surface area (Å²) in [6.45, 7) is 4.96. The Morgan fingerprint density at radius 3 is 2.67 bits per heavy atom. The molecule has 2 aliphatic heterocycles. The maximum Gasteiger partial charge on any atom is 0.253 e. The standard InChI is InChI=1S/C19H25N3O4S/c1-4-18(23)22-10-5-6-14-12-15(7-8-17(14)22)19(24)20(2)16-9-11-21(13-16)27(3,25)26/h4,7-8,12,16H,1,5-6,9-11,13H2,2-3H3. The molecule has 0 aliphatic carbocycles. The van der Waals surface area contributed by atoms with E-state index in [1.165, 1.54) is 16.6 Å². The van der Waals surface area contributed by atoms with Crippen LogP contribution in [0.1, 0.15) is 28.8 Å². The lowest BCUT2D eigenvalue weighted by atomic mass is 9.98. The van der Waals surface area contributed by atoms with Gasteiger partial charge in [0.1, 0.15) is 0 Å². The molecule has 146 valence electrons. The van der Waals surface area contributed by atoms with Crippen molar-refractivity contribution < 1.29 is 18.0 Å². The van der Waals surface area contributed by atoms with Crippen molar-refractivity contribution >= 4 is 27.5 Å². The van der Waals surface area contributed by atoms with Crippen LogP contribution in [0.5, 0.6) is 0 Å². The lowest BCUT2D eigenvalue weighted by Crippen LogP contribution is -2.40. The Bertz CT molecular complexity index is 881. The van der Waals surface area contributed by atoms with Gasteiger partial charge in [-0.3, -0.25) is 9.59 Å². The number of benzene rings is 1. The molecule has 1 fully saturated rings. The Labute approximate surface area is 160 Å². The van der Waals surface area contributed by atoms with E-state index in [0.717, 1.165) is 24.1 Å².